The molecular formula is C14H12F3N3O3. The van der Waals surface area contributed by atoms with Gasteiger partial charge in [0.2, 0.25) is 0 Å². The lowest BCUT2D eigenvalue weighted by molar-refractivity contribution is -0.153. The maximum Gasteiger partial charge on any atom is 0.422 e. The Morgan fingerprint density at radius 1 is 1.30 bits per heavy atom. The highest BCUT2D eigenvalue weighted by molar-refractivity contribution is 6.02. The van der Waals surface area contributed by atoms with Crippen LogP contribution in [0.5, 0.6) is 5.75 Å². The zero-order valence-corrected chi connectivity index (χ0v) is 11.9. The number of alkyl halides is 3. The van der Waals surface area contributed by atoms with Crippen LogP contribution in [0, 0.1) is 6.92 Å². The maximum atomic E-state index is 12.0. The third-order valence-corrected chi connectivity index (χ3v) is 2.68. The molecule has 0 fully saturated rings. The molecule has 1 amide bonds. The Balaban J connectivity index is 2.04. The second-order valence-electron chi connectivity index (χ2n) is 4.62. The van der Waals surface area contributed by atoms with Crippen LogP contribution in [0.3, 0.4) is 0 Å². The van der Waals surface area contributed by atoms with Gasteiger partial charge in [0.15, 0.2) is 6.61 Å². The smallest absolute Gasteiger partial charge is 0.422 e. The van der Waals surface area contributed by atoms with Gasteiger partial charge in [0, 0.05) is 5.69 Å². The van der Waals surface area contributed by atoms with Gasteiger partial charge in [-0.05, 0) is 31.2 Å². The van der Waals surface area contributed by atoms with Crippen LogP contribution in [0.15, 0.2) is 35.3 Å². The number of carbonyl (C=O) groups excluding carboxylic acids is 1. The van der Waals surface area contributed by atoms with Crippen LogP contribution >= 0.6 is 0 Å². The molecule has 0 aromatic carbocycles. The Morgan fingerprint density at radius 2 is 2.04 bits per heavy atom. The molecule has 122 valence electrons. The zero-order chi connectivity index (χ0) is 17.0. The van der Waals surface area contributed by atoms with Gasteiger partial charge in [-0.25, -0.2) is 4.98 Å². The van der Waals surface area contributed by atoms with E-state index in [1.165, 1.54) is 18.2 Å². The lowest BCUT2D eigenvalue weighted by Gasteiger charge is -2.09. The van der Waals surface area contributed by atoms with E-state index in [1.807, 2.05) is 0 Å². The van der Waals surface area contributed by atoms with Crippen molar-refractivity contribution in [3.8, 4) is 5.75 Å². The molecule has 0 unspecified atom stereocenters. The number of aryl methyl sites for hydroxylation is 1. The Kier molecular flexibility index (Phi) is 4.68. The molecule has 0 saturated heterocycles. The molecule has 0 atom stereocenters. The number of nitrogens with zero attached hydrogens (tertiary/aromatic N) is 1. The largest absolute Gasteiger partial charge is 0.483 e. The van der Waals surface area contributed by atoms with Gasteiger partial charge in [-0.15, -0.1) is 0 Å². The molecule has 2 aromatic rings. The molecule has 9 heteroatoms. The molecule has 2 heterocycles. The zero-order valence-electron chi connectivity index (χ0n) is 11.9. The molecule has 0 bridgehead atoms. The second kappa shape index (κ2) is 6.51. The highest BCUT2D eigenvalue weighted by Gasteiger charge is 2.28. The topological polar surface area (TPSA) is 84.1 Å². The van der Waals surface area contributed by atoms with E-state index in [1.54, 1.807) is 13.0 Å². The summed E-state index contributed by atoms with van der Waals surface area (Å²) < 4.78 is 40.5. The number of anilines is 1. The molecule has 0 aliphatic heterocycles. The molecule has 2 aromatic heterocycles. The Hall–Kier alpha value is -2.84. The van der Waals surface area contributed by atoms with Crippen LogP contribution in [0.4, 0.5) is 18.9 Å². The number of amides is 1. The number of rotatable bonds is 4. The summed E-state index contributed by atoms with van der Waals surface area (Å²) in [7, 11) is 0. The SMILES string of the molecule is Cc1ccc(NC(=O)c2ccc(OCC(F)(F)F)cn2)c(=O)[nH]1. The van der Waals surface area contributed by atoms with Crippen LogP contribution in [0.1, 0.15) is 16.2 Å². The predicted molar refractivity (Wildman–Crippen MR) is 75.5 cm³/mol. The van der Waals surface area contributed by atoms with Gasteiger partial charge in [0.05, 0.1) is 6.20 Å². The minimum absolute atomic E-state index is 0.0415. The minimum Gasteiger partial charge on any atom is -0.483 e. The van der Waals surface area contributed by atoms with Crippen molar-refractivity contribution < 1.29 is 22.7 Å². The van der Waals surface area contributed by atoms with Crippen LogP contribution < -0.4 is 15.6 Å². The van der Waals surface area contributed by atoms with E-state index in [2.05, 4.69) is 20.0 Å². The van der Waals surface area contributed by atoms with Gasteiger partial charge < -0.3 is 15.0 Å². The summed E-state index contributed by atoms with van der Waals surface area (Å²) in [5.74, 6) is -0.784. The molecule has 6 nitrogen and oxygen atoms in total. The third kappa shape index (κ3) is 4.83. The van der Waals surface area contributed by atoms with Crippen LogP contribution in [-0.2, 0) is 0 Å². The summed E-state index contributed by atoms with van der Waals surface area (Å²) in [6, 6.07) is 5.43. The number of aromatic amines is 1. The van der Waals surface area contributed by atoms with Gasteiger partial charge in [0.1, 0.15) is 17.1 Å². The summed E-state index contributed by atoms with van der Waals surface area (Å²) in [5.41, 5.74) is 0.143. The number of aromatic nitrogens is 2. The standard InChI is InChI=1S/C14H12F3N3O3/c1-8-2-4-11(13(22)19-8)20-12(21)10-5-3-9(6-18-10)23-7-14(15,16)17/h2-6H,7H2,1H3,(H,19,22)(H,20,21). The van der Waals surface area contributed by atoms with E-state index < -0.39 is 24.2 Å². The molecule has 2 N–H and O–H groups in total. The normalized spacial score (nSPS) is 11.1. The number of hydrogen-bond donors (Lipinski definition) is 2. The first kappa shape index (κ1) is 16.5. The van der Waals surface area contributed by atoms with Gasteiger partial charge in [-0.3, -0.25) is 9.59 Å². The lowest BCUT2D eigenvalue weighted by atomic mass is 10.3. The molecule has 0 saturated carbocycles. The summed E-state index contributed by atoms with van der Waals surface area (Å²) in [6.45, 7) is 0.243. The molecule has 0 radical (unpaired) electrons. The van der Waals surface area contributed by atoms with E-state index in [0.29, 0.717) is 5.69 Å². The first-order valence-corrected chi connectivity index (χ1v) is 6.41. The summed E-state index contributed by atoms with van der Waals surface area (Å²) >= 11 is 0. The number of hydrogen-bond acceptors (Lipinski definition) is 4. The summed E-state index contributed by atoms with van der Waals surface area (Å²) in [5, 5.41) is 2.36. The Labute approximate surface area is 128 Å². The third-order valence-electron chi connectivity index (χ3n) is 2.68. The molecular weight excluding hydrogens is 315 g/mol. The van der Waals surface area contributed by atoms with Crippen LogP contribution in [-0.4, -0.2) is 28.7 Å². The van der Waals surface area contributed by atoms with Gasteiger partial charge in [-0.2, -0.15) is 13.2 Å². The fourth-order valence-corrected chi connectivity index (χ4v) is 1.62. The van der Waals surface area contributed by atoms with E-state index >= 15 is 0 Å². The van der Waals surface area contributed by atoms with Crippen LogP contribution in [0.2, 0.25) is 0 Å². The van der Waals surface area contributed by atoms with Crippen molar-refractivity contribution in [1.29, 1.82) is 0 Å². The quantitative estimate of drug-likeness (QED) is 0.902. The maximum absolute atomic E-state index is 12.0. The highest BCUT2D eigenvalue weighted by atomic mass is 19.4. The first-order valence-electron chi connectivity index (χ1n) is 6.41. The van der Waals surface area contributed by atoms with Crippen molar-refractivity contribution >= 4 is 11.6 Å². The molecule has 0 aliphatic carbocycles. The first-order chi connectivity index (χ1) is 10.7. The average Bonchev–Trinajstić information content (AvgIpc) is 2.48. The lowest BCUT2D eigenvalue weighted by Crippen LogP contribution is -2.21. The number of nitrogens with one attached hydrogen (secondary N) is 2. The summed E-state index contributed by atoms with van der Waals surface area (Å²) in [6.07, 6.45) is -3.46. The van der Waals surface area contributed by atoms with Crippen molar-refractivity contribution in [2.75, 3.05) is 11.9 Å². The minimum atomic E-state index is -4.46. The Bertz CT molecular complexity index is 754. The fraction of sp³-hybridized carbons (Fsp3) is 0.214. The van der Waals surface area contributed by atoms with Crippen molar-refractivity contribution in [3.05, 3.63) is 52.2 Å². The number of carbonyl (C=O) groups is 1. The van der Waals surface area contributed by atoms with Crippen molar-refractivity contribution in [2.24, 2.45) is 0 Å². The molecule has 23 heavy (non-hydrogen) atoms. The second-order valence-corrected chi connectivity index (χ2v) is 4.62. The molecule has 0 aliphatic rings. The van der Waals surface area contributed by atoms with Gasteiger partial charge >= 0.3 is 6.18 Å². The predicted octanol–water partition coefficient (Wildman–Crippen LogP) is 2.27. The fourth-order valence-electron chi connectivity index (χ4n) is 1.62. The van der Waals surface area contributed by atoms with Crippen molar-refractivity contribution in [2.45, 2.75) is 13.1 Å². The van der Waals surface area contributed by atoms with Crippen LogP contribution in [0.25, 0.3) is 0 Å². The number of halogens is 3. The average molecular weight is 327 g/mol. The van der Waals surface area contributed by atoms with Crippen molar-refractivity contribution in [1.82, 2.24) is 9.97 Å². The van der Waals surface area contributed by atoms with E-state index in [0.717, 1.165) is 6.20 Å². The number of pyridine rings is 2. The molecule has 2 rings (SSSR count). The van der Waals surface area contributed by atoms with Gasteiger partial charge in [-0.1, -0.05) is 0 Å². The number of H-pyrrole nitrogens is 1. The monoisotopic (exact) mass is 327 g/mol. The van der Waals surface area contributed by atoms with E-state index in [-0.39, 0.29) is 17.1 Å². The molecule has 0 spiro atoms. The van der Waals surface area contributed by atoms with Crippen molar-refractivity contribution in [3.63, 3.8) is 0 Å². The van der Waals surface area contributed by atoms with Gasteiger partial charge in [0.25, 0.3) is 11.5 Å². The number of ether oxygens (including phenoxy) is 1. The highest BCUT2D eigenvalue weighted by Crippen LogP contribution is 2.18. The Morgan fingerprint density at radius 3 is 2.61 bits per heavy atom. The van der Waals surface area contributed by atoms with E-state index in [9.17, 15) is 22.8 Å². The summed E-state index contributed by atoms with van der Waals surface area (Å²) in [4.78, 5) is 29.8. The van der Waals surface area contributed by atoms with E-state index in [4.69, 9.17) is 0 Å².